The van der Waals surface area contributed by atoms with Crippen LogP contribution in [0.2, 0.25) is 0 Å². The summed E-state index contributed by atoms with van der Waals surface area (Å²) in [6.07, 6.45) is 3.48. The number of hydrogen-bond acceptors (Lipinski definition) is 3. The van der Waals surface area contributed by atoms with Crippen molar-refractivity contribution in [1.82, 2.24) is 5.32 Å². The summed E-state index contributed by atoms with van der Waals surface area (Å²) in [5.74, 6) is 0.433. The highest BCUT2D eigenvalue weighted by molar-refractivity contribution is 14.1. The van der Waals surface area contributed by atoms with E-state index in [9.17, 15) is 14.4 Å². The SMILES string of the molecule is CCCC(NC(=O)C(C)C1CC1CC)C(=O)C(=O)I. The molecule has 0 heterocycles. The van der Waals surface area contributed by atoms with E-state index >= 15 is 0 Å². The fourth-order valence-electron chi connectivity index (χ4n) is 2.54. The van der Waals surface area contributed by atoms with Crippen LogP contribution in [0.3, 0.4) is 0 Å². The van der Waals surface area contributed by atoms with Gasteiger partial charge in [-0.2, -0.15) is 0 Å². The third kappa shape index (κ3) is 4.54. The Morgan fingerprint density at radius 3 is 2.37 bits per heavy atom. The Labute approximate surface area is 128 Å². The number of carbonyl (C=O) groups is 3. The largest absolute Gasteiger partial charge is 0.346 e. The highest BCUT2D eigenvalue weighted by Crippen LogP contribution is 2.46. The van der Waals surface area contributed by atoms with Crippen molar-refractivity contribution in [3.05, 3.63) is 0 Å². The van der Waals surface area contributed by atoms with Gasteiger partial charge in [0.15, 0.2) is 0 Å². The second kappa shape index (κ2) is 7.36. The number of hydrogen-bond donors (Lipinski definition) is 1. The number of nitrogens with one attached hydrogen (secondary N) is 1. The minimum Gasteiger partial charge on any atom is -0.346 e. The summed E-state index contributed by atoms with van der Waals surface area (Å²) < 4.78 is -0.512. The van der Waals surface area contributed by atoms with E-state index in [1.54, 1.807) is 0 Å². The third-order valence-corrected chi connectivity index (χ3v) is 4.49. The first-order valence-corrected chi connectivity index (χ1v) is 8.04. The molecule has 1 fully saturated rings. The van der Waals surface area contributed by atoms with Gasteiger partial charge < -0.3 is 5.32 Å². The maximum Gasteiger partial charge on any atom is 0.259 e. The van der Waals surface area contributed by atoms with Gasteiger partial charge >= 0.3 is 0 Å². The van der Waals surface area contributed by atoms with Crippen molar-refractivity contribution < 1.29 is 14.4 Å². The van der Waals surface area contributed by atoms with Crippen molar-refractivity contribution in [2.45, 2.75) is 52.5 Å². The molecule has 4 atom stereocenters. The molecule has 0 bridgehead atoms. The number of ketones is 1. The second-order valence-electron chi connectivity index (χ2n) is 5.34. The number of carbonyl (C=O) groups excluding carboxylic acids is 3. The van der Waals surface area contributed by atoms with E-state index in [0.29, 0.717) is 18.3 Å². The van der Waals surface area contributed by atoms with Crippen molar-refractivity contribution >= 4 is 38.1 Å². The summed E-state index contributed by atoms with van der Waals surface area (Å²) in [5.41, 5.74) is 0. The second-order valence-corrected chi connectivity index (χ2v) is 6.32. The van der Waals surface area contributed by atoms with E-state index in [4.69, 9.17) is 0 Å². The minimum absolute atomic E-state index is 0.0681. The lowest BCUT2D eigenvalue weighted by molar-refractivity contribution is -0.135. The van der Waals surface area contributed by atoms with E-state index in [1.807, 2.05) is 13.8 Å². The maximum atomic E-state index is 12.1. The highest BCUT2D eigenvalue weighted by Gasteiger charge is 2.42. The van der Waals surface area contributed by atoms with E-state index in [1.165, 1.54) is 22.6 Å². The first kappa shape index (κ1) is 16.6. The number of Topliss-reactive ketones (excluding diaryl/α,β-unsaturated/α-hetero) is 1. The van der Waals surface area contributed by atoms with Crippen LogP contribution in [0.15, 0.2) is 0 Å². The molecule has 19 heavy (non-hydrogen) atoms. The van der Waals surface area contributed by atoms with Crippen LogP contribution < -0.4 is 5.32 Å². The van der Waals surface area contributed by atoms with Crippen molar-refractivity contribution in [2.75, 3.05) is 0 Å². The summed E-state index contributed by atoms with van der Waals surface area (Å²) in [4.78, 5) is 35.0. The van der Waals surface area contributed by atoms with Crippen LogP contribution in [-0.2, 0) is 14.4 Å². The van der Waals surface area contributed by atoms with E-state index in [0.717, 1.165) is 19.3 Å². The van der Waals surface area contributed by atoms with Crippen LogP contribution >= 0.6 is 22.6 Å². The Balaban J connectivity index is 2.56. The molecule has 5 heteroatoms. The molecule has 1 aliphatic rings. The Bertz CT molecular complexity index is 370. The molecule has 0 aromatic heterocycles. The maximum absolute atomic E-state index is 12.1. The molecule has 1 saturated carbocycles. The van der Waals surface area contributed by atoms with Crippen molar-refractivity contribution in [3.63, 3.8) is 0 Å². The average Bonchev–Trinajstić information content (AvgIpc) is 3.15. The molecular formula is C14H22INO3. The van der Waals surface area contributed by atoms with Crippen LogP contribution in [0.25, 0.3) is 0 Å². The van der Waals surface area contributed by atoms with Gasteiger partial charge in [0, 0.05) is 28.5 Å². The summed E-state index contributed by atoms with van der Waals surface area (Å²) in [7, 11) is 0. The molecule has 1 amide bonds. The molecule has 0 aliphatic heterocycles. The van der Waals surface area contributed by atoms with Crippen LogP contribution in [0, 0.1) is 17.8 Å². The molecule has 1 rings (SSSR count). The quantitative estimate of drug-likeness (QED) is 0.401. The molecule has 1 N–H and O–H groups in total. The lowest BCUT2D eigenvalue weighted by Gasteiger charge is -2.18. The van der Waals surface area contributed by atoms with E-state index < -0.39 is 15.6 Å². The Kier molecular flexibility index (Phi) is 6.42. The molecule has 4 nitrogen and oxygen atoms in total. The Morgan fingerprint density at radius 2 is 1.95 bits per heavy atom. The zero-order chi connectivity index (χ0) is 14.6. The van der Waals surface area contributed by atoms with E-state index in [2.05, 4.69) is 12.2 Å². The number of rotatable bonds is 8. The fourth-order valence-corrected chi connectivity index (χ4v) is 2.92. The van der Waals surface area contributed by atoms with Gasteiger partial charge in [0.2, 0.25) is 11.7 Å². The Morgan fingerprint density at radius 1 is 1.32 bits per heavy atom. The first-order valence-electron chi connectivity index (χ1n) is 6.96. The molecule has 0 aromatic rings. The topological polar surface area (TPSA) is 63.2 Å². The average molecular weight is 379 g/mol. The third-order valence-electron chi connectivity index (χ3n) is 3.96. The van der Waals surface area contributed by atoms with Gasteiger partial charge in [-0.3, -0.25) is 14.4 Å². The molecule has 0 spiro atoms. The number of amides is 1. The zero-order valence-corrected chi connectivity index (χ0v) is 13.9. The molecule has 0 aromatic carbocycles. The zero-order valence-electron chi connectivity index (χ0n) is 11.7. The first-order chi connectivity index (χ1) is 8.92. The lowest BCUT2D eigenvalue weighted by atomic mass is 10.0. The van der Waals surface area contributed by atoms with Crippen molar-refractivity contribution in [1.29, 1.82) is 0 Å². The normalized spacial score (nSPS) is 24.4. The van der Waals surface area contributed by atoms with Gasteiger partial charge in [-0.1, -0.05) is 33.6 Å². The van der Waals surface area contributed by atoms with Gasteiger partial charge in [-0.25, -0.2) is 0 Å². The summed E-state index contributed by atoms with van der Waals surface area (Å²) in [6.45, 7) is 5.98. The molecular weight excluding hydrogens is 357 g/mol. The van der Waals surface area contributed by atoms with Gasteiger partial charge in [0.25, 0.3) is 3.79 Å². The van der Waals surface area contributed by atoms with Crippen LogP contribution in [0.1, 0.15) is 46.5 Å². The summed E-state index contributed by atoms with van der Waals surface area (Å²) in [6, 6.07) is -0.650. The van der Waals surface area contributed by atoms with Gasteiger partial charge in [-0.15, -0.1) is 0 Å². The molecule has 108 valence electrons. The minimum atomic E-state index is -0.650. The fraction of sp³-hybridized carbons (Fsp3) is 0.786. The predicted octanol–water partition coefficient (Wildman–Crippen LogP) is 2.48. The molecule has 0 saturated heterocycles. The van der Waals surface area contributed by atoms with Crippen molar-refractivity contribution in [3.8, 4) is 0 Å². The lowest BCUT2D eigenvalue weighted by Crippen LogP contribution is -2.45. The highest BCUT2D eigenvalue weighted by atomic mass is 127. The van der Waals surface area contributed by atoms with Crippen LogP contribution in [0.4, 0.5) is 0 Å². The van der Waals surface area contributed by atoms with Gasteiger partial charge in [0.05, 0.1) is 6.04 Å². The molecule has 4 unspecified atom stereocenters. The van der Waals surface area contributed by atoms with Gasteiger partial charge in [0.1, 0.15) is 0 Å². The Hall–Kier alpha value is -0.460. The van der Waals surface area contributed by atoms with E-state index in [-0.39, 0.29) is 11.8 Å². The smallest absolute Gasteiger partial charge is 0.259 e. The monoisotopic (exact) mass is 379 g/mol. The predicted molar refractivity (Wildman–Crippen MR) is 81.9 cm³/mol. The molecule has 1 aliphatic carbocycles. The van der Waals surface area contributed by atoms with Crippen molar-refractivity contribution in [2.24, 2.45) is 17.8 Å². The summed E-state index contributed by atoms with van der Waals surface area (Å²) >= 11 is 1.48. The standard InChI is InChI=1S/C14H22INO3/c1-4-6-11(12(17)13(15)18)16-14(19)8(3)10-7-9(10)5-2/h8-11H,4-7H2,1-3H3,(H,16,19). The van der Waals surface area contributed by atoms with Crippen LogP contribution in [-0.4, -0.2) is 21.5 Å². The number of halogens is 1. The van der Waals surface area contributed by atoms with Crippen LogP contribution in [0.5, 0.6) is 0 Å². The summed E-state index contributed by atoms with van der Waals surface area (Å²) in [5, 5.41) is 2.75. The van der Waals surface area contributed by atoms with Gasteiger partial charge in [-0.05, 0) is 24.7 Å². The molecule has 0 radical (unpaired) electrons.